The van der Waals surface area contributed by atoms with Crippen molar-refractivity contribution in [3.05, 3.63) is 11.3 Å². The lowest BCUT2D eigenvalue weighted by Crippen LogP contribution is -2.40. The zero-order chi connectivity index (χ0) is 12.6. The van der Waals surface area contributed by atoms with E-state index >= 15 is 0 Å². The standard InChI is InChI=1S/C8H13ClN4O2S/c1-8(2,3)13-16(14,15)5-4-11-7(10)12-6(5)9/h4,13H,1-3H3,(H2,10,11,12). The molecule has 0 aliphatic rings. The summed E-state index contributed by atoms with van der Waals surface area (Å²) in [5.41, 5.74) is 4.67. The number of hydrogen-bond donors (Lipinski definition) is 2. The van der Waals surface area contributed by atoms with Crippen LogP contribution in [0.2, 0.25) is 5.15 Å². The molecule has 0 fully saturated rings. The number of aromatic nitrogens is 2. The molecule has 0 unspecified atom stereocenters. The van der Waals surface area contributed by atoms with E-state index < -0.39 is 15.6 Å². The molecule has 90 valence electrons. The first-order valence-corrected chi connectivity index (χ1v) is 6.30. The van der Waals surface area contributed by atoms with Gasteiger partial charge in [-0.25, -0.2) is 18.1 Å². The van der Waals surface area contributed by atoms with E-state index in [1.54, 1.807) is 20.8 Å². The molecule has 1 aromatic heterocycles. The Bertz CT molecular complexity index is 495. The molecule has 0 aromatic carbocycles. The van der Waals surface area contributed by atoms with Crippen molar-refractivity contribution in [1.82, 2.24) is 14.7 Å². The summed E-state index contributed by atoms with van der Waals surface area (Å²) in [5.74, 6) is -0.0697. The van der Waals surface area contributed by atoms with Crippen molar-refractivity contribution in [1.29, 1.82) is 0 Å². The van der Waals surface area contributed by atoms with Crippen molar-refractivity contribution in [2.45, 2.75) is 31.2 Å². The molecule has 1 rings (SSSR count). The second kappa shape index (κ2) is 4.15. The number of halogens is 1. The van der Waals surface area contributed by atoms with Crippen LogP contribution in [0.3, 0.4) is 0 Å². The maximum Gasteiger partial charge on any atom is 0.245 e. The van der Waals surface area contributed by atoms with E-state index in [0.717, 1.165) is 6.20 Å². The zero-order valence-electron chi connectivity index (χ0n) is 9.15. The van der Waals surface area contributed by atoms with Gasteiger partial charge in [-0.1, -0.05) is 11.6 Å². The fourth-order valence-electron chi connectivity index (χ4n) is 1.00. The first kappa shape index (κ1) is 13.1. The van der Waals surface area contributed by atoms with Crippen molar-refractivity contribution in [2.24, 2.45) is 0 Å². The molecular formula is C8H13ClN4O2S. The zero-order valence-corrected chi connectivity index (χ0v) is 10.7. The number of nitrogen functional groups attached to an aromatic ring is 1. The van der Waals surface area contributed by atoms with Crippen LogP contribution in [0.5, 0.6) is 0 Å². The van der Waals surface area contributed by atoms with Gasteiger partial charge in [-0.05, 0) is 20.8 Å². The molecule has 16 heavy (non-hydrogen) atoms. The summed E-state index contributed by atoms with van der Waals surface area (Å²) in [6.07, 6.45) is 1.08. The fourth-order valence-corrected chi connectivity index (χ4v) is 2.82. The number of hydrogen-bond acceptors (Lipinski definition) is 5. The topological polar surface area (TPSA) is 98.0 Å². The molecule has 0 saturated carbocycles. The van der Waals surface area contributed by atoms with E-state index in [0.29, 0.717) is 0 Å². The van der Waals surface area contributed by atoms with Gasteiger partial charge in [0.1, 0.15) is 4.90 Å². The number of sulfonamides is 1. The van der Waals surface area contributed by atoms with E-state index in [4.69, 9.17) is 17.3 Å². The first-order chi connectivity index (χ1) is 7.12. The quantitative estimate of drug-likeness (QED) is 0.770. The highest BCUT2D eigenvalue weighted by atomic mass is 35.5. The molecule has 0 amide bonds. The average molecular weight is 265 g/mol. The number of nitrogens with one attached hydrogen (secondary N) is 1. The highest BCUT2D eigenvalue weighted by Crippen LogP contribution is 2.19. The van der Waals surface area contributed by atoms with Crippen LogP contribution < -0.4 is 10.5 Å². The Morgan fingerprint density at radius 1 is 1.44 bits per heavy atom. The highest BCUT2D eigenvalue weighted by Gasteiger charge is 2.25. The Kier molecular flexibility index (Phi) is 3.41. The minimum Gasteiger partial charge on any atom is -0.368 e. The molecule has 1 heterocycles. The molecular weight excluding hydrogens is 252 g/mol. The van der Waals surface area contributed by atoms with Crippen molar-refractivity contribution in [3.63, 3.8) is 0 Å². The van der Waals surface area contributed by atoms with Gasteiger partial charge in [0, 0.05) is 5.54 Å². The van der Waals surface area contributed by atoms with Gasteiger partial charge in [0.2, 0.25) is 16.0 Å². The third-order valence-corrected chi connectivity index (χ3v) is 3.62. The van der Waals surface area contributed by atoms with E-state index in [-0.39, 0.29) is 16.0 Å². The Morgan fingerprint density at radius 2 is 2.00 bits per heavy atom. The third kappa shape index (κ3) is 3.29. The van der Waals surface area contributed by atoms with Gasteiger partial charge >= 0.3 is 0 Å². The Balaban J connectivity index is 3.18. The van der Waals surface area contributed by atoms with Crippen LogP contribution in [-0.4, -0.2) is 23.9 Å². The summed E-state index contributed by atoms with van der Waals surface area (Å²) in [6.45, 7) is 5.16. The smallest absolute Gasteiger partial charge is 0.245 e. The Morgan fingerprint density at radius 3 is 2.44 bits per heavy atom. The van der Waals surface area contributed by atoms with Gasteiger partial charge in [-0.2, -0.15) is 4.98 Å². The molecule has 8 heteroatoms. The van der Waals surface area contributed by atoms with Crippen LogP contribution in [-0.2, 0) is 10.0 Å². The van der Waals surface area contributed by atoms with Crippen molar-refractivity contribution < 1.29 is 8.42 Å². The summed E-state index contributed by atoms with van der Waals surface area (Å²) in [6, 6.07) is 0. The lowest BCUT2D eigenvalue weighted by Gasteiger charge is -2.20. The van der Waals surface area contributed by atoms with Crippen molar-refractivity contribution >= 4 is 27.6 Å². The highest BCUT2D eigenvalue weighted by molar-refractivity contribution is 7.89. The van der Waals surface area contributed by atoms with Crippen LogP contribution >= 0.6 is 11.6 Å². The summed E-state index contributed by atoms with van der Waals surface area (Å²) in [5, 5.41) is -0.191. The molecule has 0 spiro atoms. The maximum atomic E-state index is 11.9. The molecule has 0 saturated heterocycles. The summed E-state index contributed by atoms with van der Waals surface area (Å²) < 4.78 is 26.2. The predicted octanol–water partition coefficient (Wildman–Crippen LogP) is 0.789. The lowest BCUT2D eigenvalue weighted by atomic mass is 10.1. The number of anilines is 1. The summed E-state index contributed by atoms with van der Waals surface area (Å²) >= 11 is 5.69. The Labute approximate surface area is 99.3 Å². The molecule has 0 radical (unpaired) electrons. The number of nitrogens with zero attached hydrogens (tertiary/aromatic N) is 2. The molecule has 0 atom stereocenters. The molecule has 1 aromatic rings. The third-order valence-electron chi connectivity index (χ3n) is 1.46. The molecule has 6 nitrogen and oxygen atoms in total. The van der Waals surface area contributed by atoms with Gasteiger partial charge in [0.25, 0.3) is 0 Å². The van der Waals surface area contributed by atoms with Gasteiger partial charge < -0.3 is 5.73 Å². The number of rotatable bonds is 2. The minimum absolute atomic E-state index is 0.0697. The van der Waals surface area contributed by atoms with Crippen molar-refractivity contribution in [2.75, 3.05) is 5.73 Å². The number of nitrogens with two attached hydrogens (primary N) is 1. The van der Waals surface area contributed by atoms with E-state index in [1.165, 1.54) is 0 Å². The monoisotopic (exact) mass is 264 g/mol. The normalized spacial score (nSPS) is 12.8. The minimum atomic E-state index is -3.73. The van der Waals surface area contributed by atoms with Gasteiger partial charge in [-0.15, -0.1) is 0 Å². The van der Waals surface area contributed by atoms with Crippen molar-refractivity contribution in [3.8, 4) is 0 Å². The fraction of sp³-hybridized carbons (Fsp3) is 0.500. The van der Waals surface area contributed by atoms with Gasteiger partial charge in [-0.3, -0.25) is 0 Å². The summed E-state index contributed by atoms with van der Waals surface area (Å²) in [7, 11) is -3.73. The molecule has 3 N–H and O–H groups in total. The first-order valence-electron chi connectivity index (χ1n) is 4.44. The lowest BCUT2D eigenvalue weighted by molar-refractivity contribution is 0.491. The predicted molar refractivity (Wildman–Crippen MR) is 61.5 cm³/mol. The van der Waals surface area contributed by atoms with E-state index in [9.17, 15) is 8.42 Å². The van der Waals surface area contributed by atoms with Crippen LogP contribution in [0.15, 0.2) is 11.1 Å². The molecule has 0 aliphatic heterocycles. The maximum absolute atomic E-state index is 11.9. The van der Waals surface area contributed by atoms with Crippen LogP contribution in [0.4, 0.5) is 5.95 Å². The van der Waals surface area contributed by atoms with Crippen LogP contribution in [0.1, 0.15) is 20.8 Å². The second-order valence-corrected chi connectivity index (χ2v) is 6.25. The Hall–Kier alpha value is -0.920. The van der Waals surface area contributed by atoms with Gasteiger partial charge in [0.05, 0.1) is 6.20 Å². The summed E-state index contributed by atoms with van der Waals surface area (Å²) in [4.78, 5) is 7.00. The molecule has 0 bridgehead atoms. The van der Waals surface area contributed by atoms with Crippen LogP contribution in [0.25, 0.3) is 0 Å². The average Bonchev–Trinajstić information content (AvgIpc) is 1.97. The van der Waals surface area contributed by atoms with E-state index in [2.05, 4.69) is 14.7 Å². The van der Waals surface area contributed by atoms with Gasteiger partial charge in [0.15, 0.2) is 5.15 Å². The largest absolute Gasteiger partial charge is 0.368 e. The SMILES string of the molecule is CC(C)(C)NS(=O)(=O)c1cnc(N)nc1Cl. The van der Waals surface area contributed by atoms with Crippen LogP contribution in [0, 0.1) is 0 Å². The molecule has 0 aliphatic carbocycles. The van der Waals surface area contributed by atoms with E-state index in [1.807, 2.05) is 0 Å². The second-order valence-electron chi connectivity index (χ2n) is 4.24.